The Kier molecular flexibility index (Phi) is 6.96. The Morgan fingerprint density at radius 3 is 3.00 bits per heavy atom. The minimum Gasteiger partial charge on any atom is -0.493 e. The van der Waals surface area contributed by atoms with E-state index in [1.165, 1.54) is 11.1 Å². The third-order valence-corrected chi connectivity index (χ3v) is 4.27. The molecule has 0 radical (unpaired) electrons. The predicted octanol–water partition coefficient (Wildman–Crippen LogP) is 2.53. The smallest absolute Gasteiger partial charge is 0.190 e. The van der Waals surface area contributed by atoms with Gasteiger partial charge in [-0.3, -0.25) is 4.99 Å². The zero-order chi connectivity index (χ0) is 18.0. The number of benzene rings is 1. The number of furan rings is 1. The van der Waals surface area contributed by atoms with E-state index in [0.29, 0.717) is 13.2 Å². The molecule has 3 rings (SSSR count). The second-order valence-corrected chi connectivity index (χ2v) is 6.20. The molecule has 6 heteroatoms. The predicted molar refractivity (Wildman–Crippen MR) is 102 cm³/mol. The number of rotatable bonds is 9. The van der Waals surface area contributed by atoms with Crippen LogP contribution < -0.4 is 15.4 Å². The number of aliphatic imine (C=N–C) groups is 1. The van der Waals surface area contributed by atoms with E-state index in [0.717, 1.165) is 56.4 Å². The van der Waals surface area contributed by atoms with Crippen molar-refractivity contribution >= 4 is 5.96 Å². The van der Waals surface area contributed by atoms with E-state index in [2.05, 4.69) is 33.8 Å². The molecule has 6 nitrogen and oxygen atoms in total. The summed E-state index contributed by atoms with van der Waals surface area (Å²) in [5.74, 6) is 2.71. The molecule has 0 atom stereocenters. The molecule has 0 spiro atoms. The van der Waals surface area contributed by atoms with Gasteiger partial charge in [-0.05, 0) is 42.2 Å². The van der Waals surface area contributed by atoms with Crippen LogP contribution in [0, 0.1) is 0 Å². The lowest BCUT2D eigenvalue weighted by atomic mass is 10.1. The third kappa shape index (κ3) is 5.52. The largest absolute Gasteiger partial charge is 0.493 e. The SMILES string of the molecule is CN=C(NCCCOCc1ccco1)NCCc1ccc2c(c1)CCO2. The molecule has 1 aliphatic rings. The van der Waals surface area contributed by atoms with Crippen LogP contribution in [0.3, 0.4) is 0 Å². The normalized spacial score (nSPS) is 13.3. The van der Waals surface area contributed by atoms with Crippen molar-refractivity contribution in [3.63, 3.8) is 0 Å². The number of nitrogens with one attached hydrogen (secondary N) is 2. The van der Waals surface area contributed by atoms with Gasteiger partial charge >= 0.3 is 0 Å². The molecule has 26 heavy (non-hydrogen) atoms. The Hall–Kier alpha value is -2.47. The quantitative estimate of drug-likeness (QED) is 0.410. The van der Waals surface area contributed by atoms with E-state index in [1.807, 2.05) is 12.1 Å². The van der Waals surface area contributed by atoms with Gasteiger partial charge in [0.1, 0.15) is 18.1 Å². The summed E-state index contributed by atoms with van der Waals surface area (Å²) in [6.45, 7) is 3.66. The molecule has 1 aliphatic heterocycles. The first-order chi connectivity index (χ1) is 12.8. The molecule has 1 aromatic heterocycles. The Morgan fingerprint density at radius 2 is 2.15 bits per heavy atom. The van der Waals surface area contributed by atoms with Crippen LogP contribution in [0.1, 0.15) is 23.3 Å². The van der Waals surface area contributed by atoms with Crippen molar-refractivity contribution in [2.24, 2.45) is 4.99 Å². The van der Waals surface area contributed by atoms with E-state index < -0.39 is 0 Å². The average Bonchev–Trinajstić information content (AvgIpc) is 3.34. The lowest BCUT2D eigenvalue weighted by Crippen LogP contribution is -2.39. The summed E-state index contributed by atoms with van der Waals surface area (Å²) in [5, 5.41) is 6.66. The average molecular weight is 357 g/mol. The van der Waals surface area contributed by atoms with Gasteiger partial charge in [-0.15, -0.1) is 0 Å². The molecule has 0 amide bonds. The minimum absolute atomic E-state index is 0.520. The van der Waals surface area contributed by atoms with Gasteiger partial charge in [0.25, 0.3) is 0 Å². The number of hydrogen-bond acceptors (Lipinski definition) is 4. The fraction of sp³-hybridized carbons (Fsp3) is 0.450. The number of guanidine groups is 1. The van der Waals surface area contributed by atoms with Crippen LogP contribution in [-0.4, -0.2) is 39.3 Å². The first kappa shape index (κ1) is 18.3. The van der Waals surface area contributed by atoms with Crippen molar-refractivity contribution in [3.8, 4) is 5.75 Å². The van der Waals surface area contributed by atoms with E-state index >= 15 is 0 Å². The van der Waals surface area contributed by atoms with Crippen molar-refractivity contribution in [3.05, 3.63) is 53.5 Å². The number of hydrogen-bond donors (Lipinski definition) is 2. The van der Waals surface area contributed by atoms with Crippen LogP contribution in [0.5, 0.6) is 5.75 Å². The molecule has 140 valence electrons. The molecule has 0 saturated carbocycles. The second-order valence-electron chi connectivity index (χ2n) is 6.20. The van der Waals surface area contributed by atoms with Crippen LogP contribution in [-0.2, 0) is 24.2 Å². The monoisotopic (exact) mass is 357 g/mol. The van der Waals surface area contributed by atoms with Gasteiger partial charge in [-0.2, -0.15) is 0 Å². The standard InChI is InChI=1S/C20H27N3O3/c1-21-20(22-9-3-11-24-15-18-4-2-12-25-18)23-10-7-16-5-6-19-17(14-16)8-13-26-19/h2,4-6,12,14H,3,7-11,13,15H2,1H3,(H2,21,22,23). The van der Waals surface area contributed by atoms with Gasteiger partial charge < -0.3 is 24.5 Å². The molecule has 0 unspecified atom stereocenters. The molecule has 2 aromatic rings. The van der Waals surface area contributed by atoms with Crippen LogP contribution in [0.4, 0.5) is 0 Å². The summed E-state index contributed by atoms with van der Waals surface area (Å²) in [6.07, 6.45) is 4.54. The summed E-state index contributed by atoms with van der Waals surface area (Å²) in [5.41, 5.74) is 2.64. The molecule has 2 heterocycles. The Balaban J connectivity index is 1.27. The highest BCUT2D eigenvalue weighted by Crippen LogP contribution is 2.25. The third-order valence-electron chi connectivity index (χ3n) is 4.27. The summed E-state index contributed by atoms with van der Waals surface area (Å²) < 4.78 is 16.3. The van der Waals surface area contributed by atoms with Gasteiger partial charge in [0.2, 0.25) is 0 Å². The first-order valence-corrected chi connectivity index (χ1v) is 9.14. The molecule has 0 fully saturated rings. The van der Waals surface area contributed by atoms with E-state index in [-0.39, 0.29) is 0 Å². The van der Waals surface area contributed by atoms with Gasteiger partial charge in [0, 0.05) is 33.2 Å². The minimum atomic E-state index is 0.520. The Labute approximate surface area is 154 Å². The zero-order valence-corrected chi connectivity index (χ0v) is 15.3. The maximum atomic E-state index is 5.56. The summed E-state index contributed by atoms with van der Waals surface area (Å²) >= 11 is 0. The number of nitrogens with zero attached hydrogens (tertiary/aromatic N) is 1. The number of fused-ring (bicyclic) bond motifs is 1. The van der Waals surface area contributed by atoms with E-state index in [1.54, 1.807) is 13.3 Å². The second kappa shape index (κ2) is 9.87. The highest BCUT2D eigenvalue weighted by atomic mass is 16.5. The Morgan fingerprint density at radius 1 is 1.23 bits per heavy atom. The van der Waals surface area contributed by atoms with Crippen molar-refractivity contribution in [2.45, 2.75) is 25.9 Å². The van der Waals surface area contributed by atoms with Crippen molar-refractivity contribution in [1.82, 2.24) is 10.6 Å². The lowest BCUT2D eigenvalue weighted by molar-refractivity contribution is 0.105. The summed E-state index contributed by atoms with van der Waals surface area (Å²) in [6, 6.07) is 10.2. The Bertz CT molecular complexity index is 698. The number of ether oxygens (including phenoxy) is 2. The maximum Gasteiger partial charge on any atom is 0.190 e. The van der Waals surface area contributed by atoms with E-state index in [4.69, 9.17) is 13.9 Å². The highest BCUT2D eigenvalue weighted by molar-refractivity contribution is 5.79. The topological polar surface area (TPSA) is 68.0 Å². The molecule has 0 aliphatic carbocycles. The van der Waals surface area contributed by atoms with Gasteiger partial charge in [0.05, 0.1) is 12.9 Å². The summed E-state index contributed by atoms with van der Waals surface area (Å²) in [7, 11) is 1.79. The van der Waals surface area contributed by atoms with Crippen molar-refractivity contribution in [2.75, 3.05) is 33.4 Å². The van der Waals surface area contributed by atoms with Crippen LogP contribution in [0.2, 0.25) is 0 Å². The van der Waals surface area contributed by atoms with Crippen LogP contribution in [0.15, 0.2) is 46.0 Å². The van der Waals surface area contributed by atoms with Crippen molar-refractivity contribution < 1.29 is 13.9 Å². The molecule has 0 bridgehead atoms. The fourth-order valence-corrected chi connectivity index (χ4v) is 2.89. The summed E-state index contributed by atoms with van der Waals surface area (Å²) in [4.78, 5) is 4.25. The molecular formula is C20H27N3O3. The highest BCUT2D eigenvalue weighted by Gasteiger charge is 2.11. The van der Waals surface area contributed by atoms with Crippen molar-refractivity contribution in [1.29, 1.82) is 0 Å². The van der Waals surface area contributed by atoms with Gasteiger partial charge in [0.15, 0.2) is 5.96 Å². The zero-order valence-electron chi connectivity index (χ0n) is 15.3. The van der Waals surface area contributed by atoms with Crippen LogP contribution >= 0.6 is 0 Å². The molecular weight excluding hydrogens is 330 g/mol. The molecule has 0 saturated heterocycles. The van der Waals surface area contributed by atoms with Crippen LogP contribution in [0.25, 0.3) is 0 Å². The fourth-order valence-electron chi connectivity index (χ4n) is 2.89. The maximum absolute atomic E-state index is 5.56. The first-order valence-electron chi connectivity index (χ1n) is 9.14. The molecule has 1 aromatic carbocycles. The lowest BCUT2D eigenvalue weighted by Gasteiger charge is -2.12. The van der Waals surface area contributed by atoms with Gasteiger partial charge in [-0.25, -0.2) is 0 Å². The van der Waals surface area contributed by atoms with Gasteiger partial charge in [-0.1, -0.05) is 12.1 Å². The van der Waals surface area contributed by atoms with E-state index in [9.17, 15) is 0 Å². The molecule has 2 N–H and O–H groups in total.